The molecule has 0 radical (unpaired) electrons. The van der Waals surface area contributed by atoms with Crippen LogP contribution in [0.15, 0.2) is 0 Å². The summed E-state index contributed by atoms with van der Waals surface area (Å²) >= 11 is 0. The van der Waals surface area contributed by atoms with E-state index in [-0.39, 0.29) is 11.7 Å². The molecule has 1 aliphatic heterocycles. The lowest BCUT2D eigenvalue weighted by molar-refractivity contribution is 0.0936. The number of hydrogen-bond donors (Lipinski definition) is 2. The first-order valence-electron chi connectivity index (χ1n) is 7.21. The third-order valence-electron chi connectivity index (χ3n) is 3.38. The molecule has 1 aromatic rings. The van der Waals surface area contributed by atoms with Gasteiger partial charge in [-0.25, -0.2) is 4.98 Å². The van der Waals surface area contributed by atoms with Gasteiger partial charge >= 0.3 is 0 Å². The minimum Gasteiger partial charge on any atom is -0.348 e. The topological polar surface area (TPSA) is 73.9 Å². The number of likely N-dealkylation sites (tertiary alicyclic amines) is 1. The van der Waals surface area contributed by atoms with Gasteiger partial charge in [-0.15, -0.1) is 5.10 Å². The highest BCUT2D eigenvalue weighted by Gasteiger charge is 2.13. The SMILES string of the molecule is CCCc1nc(C(=O)NCCN2CCCCC2)n[nH]1. The fourth-order valence-electron chi connectivity index (χ4n) is 2.34. The number of carbonyl (C=O) groups is 1. The maximum atomic E-state index is 11.8. The van der Waals surface area contributed by atoms with Gasteiger partial charge in [0.2, 0.25) is 5.82 Å². The summed E-state index contributed by atoms with van der Waals surface area (Å²) in [6.45, 7) is 5.95. The van der Waals surface area contributed by atoms with Gasteiger partial charge in [0.05, 0.1) is 0 Å². The third kappa shape index (κ3) is 4.31. The van der Waals surface area contributed by atoms with Crippen LogP contribution in [-0.4, -0.2) is 52.2 Å². The van der Waals surface area contributed by atoms with Gasteiger partial charge in [-0.2, -0.15) is 0 Å². The number of aryl methyl sites for hydroxylation is 1. The summed E-state index contributed by atoms with van der Waals surface area (Å²) in [5.74, 6) is 0.849. The van der Waals surface area contributed by atoms with Crippen molar-refractivity contribution in [1.82, 2.24) is 25.4 Å². The van der Waals surface area contributed by atoms with Gasteiger partial charge in [-0.05, 0) is 32.4 Å². The number of nitrogens with one attached hydrogen (secondary N) is 2. The van der Waals surface area contributed by atoms with Crippen molar-refractivity contribution in [1.29, 1.82) is 0 Å². The van der Waals surface area contributed by atoms with Crippen LogP contribution < -0.4 is 5.32 Å². The fraction of sp³-hybridized carbons (Fsp3) is 0.769. The average Bonchev–Trinajstić information content (AvgIpc) is 2.89. The number of rotatable bonds is 6. The molecule has 1 amide bonds. The molecule has 0 saturated carbocycles. The first-order chi connectivity index (χ1) is 9.29. The van der Waals surface area contributed by atoms with Crippen LogP contribution in [0, 0.1) is 0 Å². The molecule has 2 heterocycles. The van der Waals surface area contributed by atoms with E-state index in [0.717, 1.165) is 38.3 Å². The second kappa shape index (κ2) is 7.23. The highest BCUT2D eigenvalue weighted by molar-refractivity contribution is 5.90. The molecule has 0 atom stereocenters. The van der Waals surface area contributed by atoms with Crippen molar-refractivity contribution in [2.24, 2.45) is 0 Å². The maximum absolute atomic E-state index is 11.8. The zero-order valence-electron chi connectivity index (χ0n) is 11.6. The monoisotopic (exact) mass is 265 g/mol. The van der Waals surface area contributed by atoms with Gasteiger partial charge in [-0.3, -0.25) is 9.89 Å². The van der Waals surface area contributed by atoms with E-state index in [1.54, 1.807) is 0 Å². The normalized spacial score (nSPS) is 16.5. The molecule has 1 aliphatic rings. The maximum Gasteiger partial charge on any atom is 0.291 e. The third-order valence-corrected chi connectivity index (χ3v) is 3.38. The Morgan fingerprint density at radius 1 is 1.37 bits per heavy atom. The van der Waals surface area contributed by atoms with Crippen molar-refractivity contribution < 1.29 is 4.79 Å². The van der Waals surface area contributed by atoms with Crippen LogP contribution in [0.3, 0.4) is 0 Å². The lowest BCUT2D eigenvalue weighted by Gasteiger charge is -2.26. The first-order valence-corrected chi connectivity index (χ1v) is 7.21. The molecule has 19 heavy (non-hydrogen) atoms. The molecule has 2 rings (SSSR count). The first kappa shape index (κ1) is 14.0. The smallest absolute Gasteiger partial charge is 0.291 e. The summed E-state index contributed by atoms with van der Waals surface area (Å²) < 4.78 is 0. The summed E-state index contributed by atoms with van der Waals surface area (Å²) in [4.78, 5) is 18.4. The average molecular weight is 265 g/mol. The molecule has 0 aliphatic carbocycles. The van der Waals surface area contributed by atoms with E-state index in [9.17, 15) is 4.79 Å². The van der Waals surface area contributed by atoms with Crippen molar-refractivity contribution in [3.63, 3.8) is 0 Å². The highest BCUT2D eigenvalue weighted by atomic mass is 16.2. The summed E-state index contributed by atoms with van der Waals surface area (Å²) in [7, 11) is 0. The van der Waals surface area contributed by atoms with E-state index < -0.39 is 0 Å². The molecule has 0 bridgehead atoms. The van der Waals surface area contributed by atoms with Crippen molar-refractivity contribution >= 4 is 5.91 Å². The largest absolute Gasteiger partial charge is 0.348 e. The molecule has 0 spiro atoms. The van der Waals surface area contributed by atoms with Crippen LogP contribution in [0.4, 0.5) is 0 Å². The molecule has 6 heteroatoms. The van der Waals surface area contributed by atoms with E-state index in [1.165, 1.54) is 19.3 Å². The Hall–Kier alpha value is -1.43. The van der Waals surface area contributed by atoms with Crippen LogP contribution in [0.1, 0.15) is 49.1 Å². The standard InChI is InChI=1S/C13H23N5O/c1-2-6-11-15-12(17-16-11)13(19)14-7-10-18-8-4-3-5-9-18/h2-10H2,1H3,(H,14,19)(H,15,16,17). The summed E-state index contributed by atoms with van der Waals surface area (Å²) in [5, 5.41) is 9.61. The molecular weight excluding hydrogens is 242 g/mol. The summed E-state index contributed by atoms with van der Waals surface area (Å²) in [6, 6.07) is 0. The molecular formula is C13H23N5O. The van der Waals surface area contributed by atoms with Crippen molar-refractivity contribution in [3.05, 3.63) is 11.6 Å². The van der Waals surface area contributed by atoms with Gasteiger partial charge in [-0.1, -0.05) is 13.3 Å². The number of nitrogens with zero attached hydrogens (tertiary/aromatic N) is 3. The van der Waals surface area contributed by atoms with Crippen LogP contribution in [0.2, 0.25) is 0 Å². The van der Waals surface area contributed by atoms with Gasteiger partial charge in [0.25, 0.3) is 5.91 Å². The molecule has 1 aromatic heterocycles. The van der Waals surface area contributed by atoms with Gasteiger partial charge in [0.1, 0.15) is 5.82 Å². The number of aromatic nitrogens is 3. The van der Waals surface area contributed by atoms with E-state index in [1.807, 2.05) is 0 Å². The van der Waals surface area contributed by atoms with Crippen LogP contribution >= 0.6 is 0 Å². The van der Waals surface area contributed by atoms with Crippen molar-refractivity contribution in [3.8, 4) is 0 Å². The minimum atomic E-state index is -0.185. The molecule has 0 aromatic carbocycles. The molecule has 2 N–H and O–H groups in total. The van der Waals surface area contributed by atoms with Gasteiger partial charge < -0.3 is 10.2 Å². The van der Waals surface area contributed by atoms with Gasteiger partial charge in [0.15, 0.2) is 0 Å². The Labute approximate surface area is 114 Å². The second-order valence-corrected chi connectivity index (χ2v) is 5.01. The molecule has 106 valence electrons. The van der Waals surface area contributed by atoms with E-state index >= 15 is 0 Å². The van der Waals surface area contributed by atoms with Crippen LogP contribution in [-0.2, 0) is 6.42 Å². The number of aromatic amines is 1. The number of carbonyl (C=O) groups excluding carboxylic acids is 1. The predicted molar refractivity (Wildman–Crippen MR) is 73.0 cm³/mol. The minimum absolute atomic E-state index is 0.185. The predicted octanol–water partition coefficient (Wildman–Crippen LogP) is 0.973. The number of H-pyrrole nitrogens is 1. The zero-order chi connectivity index (χ0) is 13.5. The van der Waals surface area contributed by atoms with E-state index in [2.05, 4.69) is 32.3 Å². The molecule has 0 unspecified atom stereocenters. The number of hydrogen-bond acceptors (Lipinski definition) is 4. The van der Waals surface area contributed by atoms with Crippen LogP contribution in [0.5, 0.6) is 0 Å². The summed E-state index contributed by atoms with van der Waals surface area (Å²) in [5.41, 5.74) is 0. The Morgan fingerprint density at radius 2 is 2.16 bits per heavy atom. The number of piperidine rings is 1. The fourth-order valence-corrected chi connectivity index (χ4v) is 2.34. The number of amides is 1. The van der Waals surface area contributed by atoms with E-state index in [4.69, 9.17) is 0 Å². The summed E-state index contributed by atoms with van der Waals surface area (Å²) in [6.07, 6.45) is 5.70. The Bertz CT molecular complexity index is 397. The Kier molecular flexibility index (Phi) is 5.32. The van der Waals surface area contributed by atoms with Crippen molar-refractivity contribution in [2.45, 2.75) is 39.0 Å². The lowest BCUT2D eigenvalue weighted by atomic mass is 10.1. The lowest BCUT2D eigenvalue weighted by Crippen LogP contribution is -2.37. The Morgan fingerprint density at radius 3 is 2.89 bits per heavy atom. The van der Waals surface area contributed by atoms with Crippen molar-refractivity contribution in [2.75, 3.05) is 26.2 Å². The highest BCUT2D eigenvalue weighted by Crippen LogP contribution is 2.07. The second-order valence-electron chi connectivity index (χ2n) is 5.01. The molecule has 1 saturated heterocycles. The van der Waals surface area contributed by atoms with Crippen LogP contribution in [0.25, 0.3) is 0 Å². The molecule has 1 fully saturated rings. The molecule has 6 nitrogen and oxygen atoms in total. The van der Waals surface area contributed by atoms with E-state index in [0.29, 0.717) is 6.54 Å². The zero-order valence-corrected chi connectivity index (χ0v) is 11.6. The van der Waals surface area contributed by atoms with Gasteiger partial charge in [0, 0.05) is 19.5 Å². The Balaban J connectivity index is 1.70. The quantitative estimate of drug-likeness (QED) is 0.804.